The second kappa shape index (κ2) is 5.48. The van der Waals surface area contributed by atoms with Gasteiger partial charge in [-0.2, -0.15) is 0 Å². The molecule has 2 aromatic rings. The first-order chi connectivity index (χ1) is 8.56. The SMILES string of the molecule is CC(=O)c1ccc(Nc2ncc(C)cc2I)cc1. The van der Waals surface area contributed by atoms with Gasteiger partial charge in [-0.05, 0) is 72.3 Å². The molecule has 0 radical (unpaired) electrons. The first-order valence-electron chi connectivity index (χ1n) is 5.56. The maximum Gasteiger partial charge on any atom is 0.159 e. The summed E-state index contributed by atoms with van der Waals surface area (Å²) in [5.74, 6) is 0.904. The lowest BCUT2D eigenvalue weighted by molar-refractivity contribution is 0.101. The molecule has 2 rings (SSSR count). The number of carbonyl (C=O) groups excluding carboxylic acids is 1. The number of aryl methyl sites for hydroxylation is 1. The van der Waals surface area contributed by atoms with Gasteiger partial charge in [0.25, 0.3) is 0 Å². The molecular formula is C14H13IN2O. The summed E-state index contributed by atoms with van der Waals surface area (Å²) in [4.78, 5) is 15.5. The normalized spacial score (nSPS) is 10.2. The molecule has 1 aromatic carbocycles. The highest BCUT2D eigenvalue weighted by Crippen LogP contribution is 2.21. The van der Waals surface area contributed by atoms with E-state index < -0.39 is 0 Å². The van der Waals surface area contributed by atoms with Gasteiger partial charge in [0.15, 0.2) is 5.78 Å². The fraction of sp³-hybridized carbons (Fsp3) is 0.143. The molecule has 0 amide bonds. The quantitative estimate of drug-likeness (QED) is 0.672. The van der Waals surface area contributed by atoms with Gasteiger partial charge in [0.1, 0.15) is 5.82 Å². The molecule has 3 nitrogen and oxygen atoms in total. The number of pyridine rings is 1. The lowest BCUT2D eigenvalue weighted by Gasteiger charge is -2.08. The van der Waals surface area contributed by atoms with Crippen molar-refractivity contribution in [3.63, 3.8) is 0 Å². The van der Waals surface area contributed by atoms with Gasteiger partial charge in [0, 0.05) is 17.4 Å². The van der Waals surface area contributed by atoms with E-state index in [1.807, 2.05) is 37.4 Å². The van der Waals surface area contributed by atoms with Crippen LogP contribution in [0.1, 0.15) is 22.8 Å². The summed E-state index contributed by atoms with van der Waals surface area (Å²) in [7, 11) is 0. The highest BCUT2D eigenvalue weighted by Gasteiger charge is 2.03. The lowest BCUT2D eigenvalue weighted by Crippen LogP contribution is -1.98. The number of rotatable bonds is 3. The monoisotopic (exact) mass is 352 g/mol. The summed E-state index contributed by atoms with van der Waals surface area (Å²) >= 11 is 2.25. The van der Waals surface area contributed by atoms with Gasteiger partial charge in [-0.1, -0.05) is 0 Å². The Labute approximate surface area is 120 Å². The molecule has 0 aliphatic heterocycles. The topological polar surface area (TPSA) is 42.0 Å². The Morgan fingerprint density at radius 3 is 2.50 bits per heavy atom. The van der Waals surface area contributed by atoms with E-state index in [4.69, 9.17) is 0 Å². The number of Topliss-reactive ketones (excluding diaryl/α,β-unsaturated/α-hetero) is 1. The Morgan fingerprint density at radius 2 is 1.94 bits per heavy atom. The van der Waals surface area contributed by atoms with Crippen molar-refractivity contribution in [2.24, 2.45) is 0 Å². The van der Waals surface area contributed by atoms with E-state index in [-0.39, 0.29) is 5.78 Å². The van der Waals surface area contributed by atoms with Crippen molar-refractivity contribution in [2.75, 3.05) is 5.32 Å². The van der Waals surface area contributed by atoms with E-state index in [0.717, 1.165) is 20.6 Å². The van der Waals surface area contributed by atoms with Crippen molar-refractivity contribution in [1.29, 1.82) is 0 Å². The minimum absolute atomic E-state index is 0.0737. The van der Waals surface area contributed by atoms with Gasteiger partial charge in [0.05, 0.1) is 3.57 Å². The van der Waals surface area contributed by atoms with Crippen LogP contribution in [0.25, 0.3) is 0 Å². The van der Waals surface area contributed by atoms with Crippen molar-refractivity contribution < 1.29 is 4.79 Å². The number of nitrogens with one attached hydrogen (secondary N) is 1. The van der Waals surface area contributed by atoms with Crippen LogP contribution in [0, 0.1) is 10.5 Å². The van der Waals surface area contributed by atoms with Crippen LogP contribution in [-0.2, 0) is 0 Å². The number of nitrogens with zero attached hydrogens (tertiary/aromatic N) is 1. The van der Waals surface area contributed by atoms with Crippen molar-refractivity contribution >= 4 is 39.9 Å². The summed E-state index contributed by atoms with van der Waals surface area (Å²) < 4.78 is 1.07. The largest absolute Gasteiger partial charge is 0.339 e. The molecule has 0 spiro atoms. The van der Waals surface area contributed by atoms with Gasteiger partial charge >= 0.3 is 0 Å². The van der Waals surface area contributed by atoms with Crippen LogP contribution in [0.4, 0.5) is 11.5 Å². The predicted molar refractivity (Wildman–Crippen MR) is 81.4 cm³/mol. The standard InChI is InChI=1S/C14H13IN2O/c1-9-7-13(15)14(16-8-9)17-12-5-3-11(4-6-12)10(2)18/h3-8H,1-2H3,(H,16,17). The number of halogens is 1. The molecule has 18 heavy (non-hydrogen) atoms. The van der Waals surface area contributed by atoms with Crippen molar-refractivity contribution in [3.8, 4) is 0 Å². The van der Waals surface area contributed by atoms with E-state index >= 15 is 0 Å². The average Bonchev–Trinajstić information content (AvgIpc) is 2.33. The van der Waals surface area contributed by atoms with Crippen LogP contribution in [0.2, 0.25) is 0 Å². The van der Waals surface area contributed by atoms with Crippen LogP contribution in [0.5, 0.6) is 0 Å². The summed E-state index contributed by atoms with van der Waals surface area (Å²) in [6.45, 7) is 3.58. The number of aromatic nitrogens is 1. The minimum Gasteiger partial charge on any atom is -0.339 e. The zero-order valence-corrected chi connectivity index (χ0v) is 12.4. The van der Waals surface area contributed by atoms with Crippen LogP contribution >= 0.6 is 22.6 Å². The Bertz CT molecular complexity index is 579. The zero-order valence-electron chi connectivity index (χ0n) is 10.2. The molecular weight excluding hydrogens is 339 g/mol. The molecule has 1 N–H and O–H groups in total. The number of carbonyl (C=O) groups is 1. The molecule has 0 aliphatic rings. The van der Waals surface area contributed by atoms with Gasteiger partial charge in [-0.25, -0.2) is 4.98 Å². The van der Waals surface area contributed by atoms with Crippen LogP contribution in [0.3, 0.4) is 0 Å². The molecule has 1 heterocycles. The highest BCUT2D eigenvalue weighted by molar-refractivity contribution is 14.1. The van der Waals surface area contributed by atoms with E-state index in [9.17, 15) is 4.79 Å². The van der Waals surface area contributed by atoms with Crippen molar-refractivity contribution in [1.82, 2.24) is 4.98 Å². The van der Waals surface area contributed by atoms with Gasteiger partial charge < -0.3 is 5.32 Å². The summed E-state index contributed by atoms with van der Waals surface area (Å²) in [5.41, 5.74) is 2.78. The molecule has 4 heteroatoms. The maximum absolute atomic E-state index is 11.2. The first kappa shape index (κ1) is 13.0. The third-order valence-electron chi connectivity index (χ3n) is 2.53. The smallest absolute Gasteiger partial charge is 0.159 e. The Hall–Kier alpha value is -1.43. The summed E-state index contributed by atoms with van der Waals surface area (Å²) in [5, 5.41) is 3.24. The molecule has 0 bridgehead atoms. The van der Waals surface area contributed by atoms with E-state index in [2.05, 4.69) is 39.0 Å². The minimum atomic E-state index is 0.0737. The Morgan fingerprint density at radius 1 is 1.28 bits per heavy atom. The molecule has 92 valence electrons. The molecule has 0 unspecified atom stereocenters. The third-order valence-corrected chi connectivity index (χ3v) is 3.35. The van der Waals surface area contributed by atoms with E-state index in [0.29, 0.717) is 5.56 Å². The Kier molecular flexibility index (Phi) is 3.96. The number of anilines is 2. The molecule has 0 saturated carbocycles. The van der Waals surface area contributed by atoms with Crippen LogP contribution in [0.15, 0.2) is 36.5 Å². The lowest BCUT2D eigenvalue weighted by atomic mass is 10.1. The number of ketones is 1. The predicted octanol–water partition coefficient (Wildman–Crippen LogP) is 3.94. The molecule has 0 saturated heterocycles. The zero-order chi connectivity index (χ0) is 13.1. The van der Waals surface area contributed by atoms with E-state index in [1.54, 1.807) is 6.92 Å². The molecule has 0 aliphatic carbocycles. The first-order valence-corrected chi connectivity index (χ1v) is 6.64. The average molecular weight is 352 g/mol. The van der Waals surface area contributed by atoms with Gasteiger partial charge in [-0.15, -0.1) is 0 Å². The molecule has 1 aromatic heterocycles. The number of benzene rings is 1. The molecule has 0 atom stereocenters. The van der Waals surface area contributed by atoms with Crippen molar-refractivity contribution in [2.45, 2.75) is 13.8 Å². The van der Waals surface area contributed by atoms with Crippen molar-refractivity contribution in [3.05, 3.63) is 51.2 Å². The van der Waals surface area contributed by atoms with Crippen LogP contribution < -0.4 is 5.32 Å². The molecule has 0 fully saturated rings. The number of hydrogen-bond donors (Lipinski definition) is 1. The number of hydrogen-bond acceptors (Lipinski definition) is 3. The summed E-state index contributed by atoms with van der Waals surface area (Å²) in [6.07, 6.45) is 1.83. The Balaban J connectivity index is 2.21. The van der Waals surface area contributed by atoms with Crippen LogP contribution in [-0.4, -0.2) is 10.8 Å². The van der Waals surface area contributed by atoms with Gasteiger partial charge in [-0.3, -0.25) is 4.79 Å². The fourth-order valence-electron chi connectivity index (χ4n) is 1.55. The summed E-state index contributed by atoms with van der Waals surface area (Å²) in [6, 6.07) is 9.46. The maximum atomic E-state index is 11.2. The van der Waals surface area contributed by atoms with E-state index in [1.165, 1.54) is 0 Å². The fourth-order valence-corrected chi connectivity index (χ4v) is 2.32. The second-order valence-corrected chi connectivity index (χ2v) is 5.26. The second-order valence-electron chi connectivity index (χ2n) is 4.10. The van der Waals surface area contributed by atoms with Gasteiger partial charge in [0.2, 0.25) is 0 Å². The third kappa shape index (κ3) is 3.07. The highest BCUT2D eigenvalue weighted by atomic mass is 127.